The van der Waals surface area contributed by atoms with E-state index in [1.165, 1.54) is 0 Å². The maximum absolute atomic E-state index is 10.2. The maximum atomic E-state index is 10.2. The van der Waals surface area contributed by atoms with Crippen molar-refractivity contribution in [1.29, 1.82) is 0 Å². The van der Waals surface area contributed by atoms with Crippen LogP contribution >= 0.6 is 0 Å². The molecule has 1 unspecified atom stereocenters. The molecular formula is C5H9N3O2. The van der Waals surface area contributed by atoms with Gasteiger partial charge in [0.15, 0.2) is 0 Å². The van der Waals surface area contributed by atoms with Gasteiger partial charge < -0.3 is 0 Å². The van der Waals surface area contributed by atoms with Crippen molar-refractivity contribution in [3.05, 3.63) is 10.1 Å². The Balaban J connectivity index is 2.65. The van der Waals surface area contributed by atoms with Gasteiger partial charge in [0, 0.05) is 12.0 Å². The SMILES string of the molecule is CC1=NCC([N+](=O)[O-])N1C. The summed E-state index contributed by atoms with van der Waals surface area (Å²) in [5.74, 6) is 0.738. The predicted octanol–water partition coefficient (Wildman–Crippen LogP) is -0.0470. The van der Waals surface area contributed by atoms with E-state index in [-0.39, 0.29) is 11.5 Å². The van der Waals surface area contributed by atoms with Crippen molar-refractivity contribution in [2.24, 2.45) is 4.99 Å². The number of amidine groups is 1. The van der Waals surface area contributed by atoms with Crippen LogP contribution in [0, 0.1) is 10.1 Å². The third kappa shape index (κ3) is 0.940. The van der Waals surface area contributed by atoms with Crippen molar-refractivity contribution >= 4 is 5.84 Å². The van der Waals surface area contributed by atoms with Crippen molar-refractivity contribution in [3.63, 3.8) is 0 Å². The van der Waals surface area contributed by atoms with Crippen LogP contribution in [0.25, 0.3) is 0 Å². The Morgan fingerprint density at radius 2 is 2.50 bits per heavy atom. The van der Waals surface area contributed by atoms with E-state index >= 15 is 0 Å². The summed E-state index contributed by atoms with van der Waals surface area (Å²) in [5, 5.41) is 10.2. The highest BCUT2D eigenvalue weighted by Crippen LogP contribution is 2.06. The zero-order chi connectivity index (χ0) is 7.72. The Bertz CT molecular complexity index is 189. The Morgan fingerprint density at radius 1 is 1.90 bits per heavy atom. The molecule has 0 amide bonds. The fourth-order valence-corrected chi connectivity index (χ4v) is 0.872. The first-order valence-corrected chi connectivity index (χ1v) is 3.00. The number of nitrogens with zero attached hydrogens (tertiary/aromatic N) is 3. The van der Waals surface area contributed by atoms with Crippen molar-refractivity contribution < 1.29 is 4.92 Å². The lowest BCUT2D eigenvalue weighted by Gasteiger charge is -2.13. The van der Waals surface area contributed by atoms with Crippen LogP contribution in [-0.2, 0) is 0 Å². The van der Waals surface area contributed by atoms with Gasteiger partial charge in [-0.3, -0.25) is 20.0 Å². The van der Waals surface area contributed by atoms with Gasteiger partial charge in [0.25, 0.3) is 0 Å². The smallest absolute Gasteiger partial charge is 0.300 e. The van der Waals surface area contributed by atoms with E-state index in [2.05, 4.69) is 4.99 Å². The number of hydrogen-bond donors (Lipinski definition) is 0. The summed E-state index contributed by atoms with van der Waals surface area (Å²) >= 11 is 0. The number of aliphatic imine (C=N–C) groups is 1. The van der Waals surface area contributed by atoms with Gasteiger partial charge in [-0.15, -0.1) is 0 Å². The highest BCUT2D eigenvalue weighted by molar-refractivity contribution is 5.81. The predicted molar refractivity (Wildman–Crippen MR) is 36.5 cm³/mol. The van der Waals surface area contributed by atoms with Crippen LogP contribution < -0.4 is 0 Å². The van der Waals surface area contributed by atoms with Gasteiger partial charge in [0.1, 0.15) is 12.4 Å². The van der Waals surface area contributed by atoms with Crippen molar-refractivity contribution in [3.8, 4) is 0 Å². The quantitative estimate of drug-likeness (QED) is 0.382. The van der Waals surface area contributed by atoms with Crippen LogP contribution in [0.5, 0.6) is 0 Å². The molecule has 1 aliphatic heterocycles. The summed E-state index contributed by atoms with van der Waals surface area (Å²) < 4.78 is 0. The molecule has 0 radical (unpaired) electrons. The topological polar surface area (TPSA) is 58.7 Å². The summed E-state index contributed by atoms with van der Waals surface area (Å²) in [6.07, 6.45) is -0.639. The summed E-state index contributed by atoms with van der Waals surface area (Å²) in [6, 6.07) is 0. The number of nitro groups is 1. The van der Waals surface area contributed by atoms with E-state index in [1.54, 1.807) is 18.9 Å². The van der Waals surface area contributed by atoms with Crippen LogP contribution in [0.15, 0.2) is 4.99 Å². The average Bonchev–Trinajstić information content (AvgIpc) is 2.14. The first kappa shape index (κ1) is 6.98. The molecule has 0 saturated carbocycles. The molecule has 1 heterocycles. The zero-order valence-corrected chi connectivity index (χ0v) is 5.94. The molecule has 0 aromatic heterocycles. The third-order valence-electron chi connectivity index (χ3n) is 1.68. The van der Waals surface area contributed by atoms with E-state index in [1.807, 2.05) is 0 Å². The Morgan fingerprint density at radius 3 is 2.70 bits per heavy atom. The highest BCUT2D eigenvalue weighted by atomic mass is 16.6. The fourth-order valence-electron chi connectivity index (χ4n) is 0.872. The van der Waals surface area contributed by atoms with Crippen LogP contribution in [-0.4, -0.2) is 35.4 Å². The average molecular weight is 143 g/mol. The lowest BCUT2D eigenvalue weighted by molar-refractivity contribution is -0.538. The largest absolute Gasteiger partial charge is 0.307 e. The Kier molecular flexibility index (Phi) is 1.57. The Hall–Kier alpha value is -1.13. The molecule has 10 heavy (non-hydrogen) atoms. The molecule has 1 atom stereocenters. The second-order valence-corrected chi connectivity index (χ2v) is 2.26. The molecular weight excluding hydrogens is 134 g/mol. The Labute approximate surface area is 58.5 Å². The molecule has 0 bridgehead atoms. The van der Waals surface area contributed by atoms with Crippen molar-refractivity contribution in [1.82, 2.24) is 4.90 Å². The maximum Gasteiger partial charge on any atom is 0.307 e. The van der Waals surface area contributed by atoms with E-state index in [4.69, 9.17) is 0 Å². The first-order chi connectivity index (χ1) is 4.63. The van der Waals surface area contributed by atoms with Crippen LogP contribution in [0.2, 0.25) is 0 Å². The van der Waals surface area contributed by atoms with Gasteiger partial charge in [-0.2, -0.15) is 0 Å². The molecule has 0 aromatic carbocycles. The van der Waals surface area contributed by atoms with Crippen LogP contribution in [0.1, 0.15) is 6.92 Å². The van der Waals surface area contributed by atoms with Crippen molar-refractivity contribution in [2.45, 2.75) is 13.1 Å². The van der Waals surface area contributed by atoms with E-state index < -0.39 is 6.17 Å². The van der Waals surface area contributed by atoms with Crippen LogP contribution in [0.4, 0.5) is 0 Å². The molecule has 0 spiro atoms. The summed E-state index contributed by atoms with van der Waals surface area (Å²) in [7, 11) is 1.68. The molecule has 1 rings (SSSR count). The summed E-state index contributed by atoms with van der Waals surface area (Å²) in [4.78, 5) is 15.4. The normalized spacial score (nSPS) is 24.8. The monoisotopic (exact) mass is 143 g/mol. The molecule has 1 aliphatic rings. The van der Waals surface area contributed by atoms with E-state index in [0.717, 1.165) is 5.84 Å². The van der Waals surface area contributed by atoms with Gasteiger partial charge in [-0.1, -0.05) is 0 Å². The molecule has 0 aromatic rings. The molecule has 5 nitrogen and oxygen atoms in total. The standard InChI is InChI=1S/C5H9N3O2/c1-4-6-3-5(7(4)2)8(9)10/h5H,3H2,1-2H3. The van der Waals surface area contributed by atoms with E-state index in [9.17, 15) is 10.1 Å². The molecule has 0 saturated heterocycles. The molecule has 0 fully saturated rings. The third-order valence-corrected chi connectivity index (χ3v) is 1.68. The van der Waals surface area contributed by atoms with Gasteiger partial charge in [-0.05, 0) is 6.92 Å². The lowest BCUT2D eigenvalue weighted by Crippen LogP contribution is -2.37. The summed E-state index contributed by atoms with van der Waals surface area (Å²) in [6.45, 7) is 2.05. The molecule has 0 N–H and O–H groups in total. The molecule has 56 valence electrons. The first-order valence-electron chi connectivity index (χ1n) is 3.00. The van der Waals surface area contributed by atoms with Gasteiger partial charge >= 0.3 is 6.17 Å². The minimum Gasteiger partial charge on any atom is -0.300 e. The zero-order valence-electron chi connectivity index (χ0n) is 5.94. The summed E-state index contributed by atoms with van der Waals surface area (Å²) in [5.41, 5.74) is 0. The minimum atomic E-state index is -0.639. The van der Waals surface area contributed by atoms with Crippen molar-refractivity contribution in [2.75, 3.05) is 13.6 Å². The fraction of sp³-hybridized carbons (Fsp3) is 0.800. The second-order valence-electron chi connectivity index (χ2n) is 2.26. The number of hydrogen-bond acceptors (Lipinski definition) is 4. The van der Waals surface area contributed by atoms with Crippen LogP contribution in [0.3, 0.4) is 0 Å². The molecule has 0 aliphatic carbocycles. The lowest BCUT2D eigenvalue weighted by atomic mass is 10.5. The highest BCUT2D eigenvalue weighted by Gasteiger charge is 2.30. The van der Waals surface area contributed by atoms with E-state index in [0.29, 0.717) is 0 Å². The van der Waals surface area contributed by atoms with Gasteiger partial charge in [0.2, 0.25) is 0 Å². The minimum absolute atomic E-state index is 0.287. The van der Waals surface area contributed by atoms with Gasteiger partial charge in [0.05, 0.1) is 0 Å². The second kappa shape index (κ2) is 2.24. The molecule has 5 heteroatoms. The van der Waals surface area contributed by atoms with Gasteiger partial charge in [-0.25, -0.2) is 0 Å². The number of likely N-dealkylation sites (N-methyl/N-ethyl adjacent to an activating group) is 1. The number of rotatable bonds is 1.